The first-order valence-corrected chi connectivity index (χ1v) is 13.4. The number of carbonyl (C=O) groups excluding carboxylic acids is 1. The molecule has 2 aromatic carbocycles. The zero-order chi connectivity index (χ0) is 27.2. The fourth-order valence-corrected chi connectivity index (χ4v) is 5.14. The predicted molar refractivity (Wildman–Crippen MR) is 157 cm³/mol. The molecule has 0 saturated carbocycles. The van der Waals surface area contributed by atoms with Gasteiger partial charge in [-0.25, -0.2) is 0 Å². The fraction of sp³-hybridized carbons (Fsp3) is 0.387. The Kier molecular flexibility index (Phi) is 8.79. The highest BCUT2D eigenvalue weighted by Gasteiger charge is 2.18. The van der Waals surface area contributed by atoms with Crippen LogP contribution in [0, 0.1) is 13.8 Å². The van der Waals surface area contributed by atoms with Gasteiger partial charge in [-0.05, 0) is 73.8 Å². The number of likely N-dealkylation sites (N-methyl/N-ethyl adjacent to an activating group) is 1. The van der Waals surface area contributed by atoms with Gasteiger partial charge >= 0.3 is 0 Å². The van der Waals surface area contributed by atoms with Gasteiger partial charge in [0.25, 0.3) is 11.5 Å². The van der Waals surface area contributed by atoms with Crippen molar-refractivity contribution in [3.05, 3.63) is 86.3 Å². The molecule has 4 rings (SSSR count). The summed E-state index contributed by atoms with van der Waals surface area (Å²) < 4.78 is 0. The second-order valence-electron chi connectivity index (χ2n) is 10.2. The molecule has 2 heterocycles. The van der Waals surface area contributed by atoms with Gasteiger partial charge in [0.15, 0.2) is 0 Å². The van der Waals surface area contributed by atoms with Crippen LogP contribution in [0.3, 0.4) is 0 Å². The highest BCUT2D eigenvalue weighted by Crippen LogP contribution is 2.29. The van der Waals surface area contributed by atoms with Gasteiger partial charge in [-0.1, -0.05) is 31.5 Å². The number of carbonyl (C=O) groups is 1. The van der Waals surface area contributed by atoms with Crippen LogP contribution in [-0.2, 0) is 13.0 Å². The van der Waals surface area contributed by atoms with Crippen LogP contribution in [0.4, 0.5) is 5.69 Å². The number of H-pyrrole nitrogens is 1. The molecule has 0 unspecified atom stereocenters. The number of amides is 1. The molecule has 3 aromatic rings. The number of pyridine rings is 1. The lowest BCUT2D eigenvalue weighted by Crippen LogP contribution is -2.44. The Morgan fingerprint density at radius 1 is 1.08 bits per heavy atom. The van der Waals surface area contributed by atoms with E-state index in [9.17, 15) is 9.59 Å². The largest absolute Gasteiger partial charge is 0.369 e. The van der Waals surface area contributed by atoms with E-state index in [0.29, 0.717) is 11.1 Å². The number of aromatic amines is 1. The highest BCUT2D eigenvalue weighted by molar-refractivity contribution is 6.04. The summed E-state index contributed by atoms with van der Waals surface area (Å²) in [5, 5.41) is 3.01. The van der Waals surface area contributed by atoms with Crippen LogP contribution in [0.5, 0.6) is 0 Å². The first-order valence-electron chi connectivity index (χ1n) is 13.4. The van der Waals surface area contributed by atoms with Gasteiger partial charge in [0.1, 0.15) is 0 Å². The van der Waals surface area contributed by atoms with Crippen molar-refractivity contribution in [1.82, 2.24) is 15.2 Å². The summed E-state index contributed by atoms with van der Waals surface area (Å²) in [4.78, 5) is 38.1. The molecule has 7 heteroatoms. The molecule has 1 aliphatic heterocycles. The molecule has 0 atom stereocenters. The minimum absolute atomic E-state index is 0.144. The zero-order valence-corrected chi connectivity index (χ0v) is 23.2. The molecule has 7 nitrogen and oxygen atoms in total. The number of aliphatic imine (C=N–C) groups is 1. The molecule has 38 heavy (non-hydrogen) atoms. The Balaban J connectivity index is 1.65. The number of aryl methyl sites for hydroxylation is 3. The number of piperazine rings is 1. The van der Waals surface area contributed by atoms with Crippen LogP contribution in [-0.4, -0.2) is 62.3 Å². The van der Waals surface area contributed by atoms with Crippen molar-refractivity contribution < 1.29 is 4.79 Å². The van der Waals surface area contributed by atoms with Crippen LogP contribution < -0.4 is 15.8 Å². The summed E-state index contributed by atoms with van der Waals surface area (Å²) in [6, 6.07) is 14.6. The summed E-state index contributed by atoms with van der Waals surface area (Å²) in [6.07, 6.45) is 3.45. The molecule has 200 valence electrons. The molecule has 1 aromatic heterocycles. The maximum Gasteiger partial charge on any atom is 0.253 e. The Morgan fingerprint density at radius 2 is 1.84 bits per heavy atom. The number of hydrogen-bond donors (Lipinski definition) is 2. The van der Waals surface area contributed by atoms with Gasteiger partial charge in [-0.3, -0.25) is 14.6 Å². The number of hydrogen-bond acceptors (Lipinski definition) is 5. The Hall–Kier alpha value is -3.71. The van der Waals surface area contributed by atoms with Gasteiger partial charge < -0.3 is 20.1 Å². The Labute approximate surface area is 225 Å². The molecule has 0 spiro atoms. The minimum Gasteiger partial charge on any atom is -0.369 e. The third-order valence-electron chi connectivity index (χ3n) is 7.25. The van der Waals surface area contributed by atoms with E-state index in [4.69, 9.17) is 0 Å². The maximum absolute atomic E-state index is 13.5. The molecular formula is C31H39N5O2. The second kappa shape index (κ2) is 12.2. The van der Waals surface area contributed by atoms with Crippen molar-refractivity contribution >= 4 is 17.8 Å². The quantitative estimate of drug-likeness (QED) is 0.439. The van der Waals surface area contributed by atoms with E-state index in [1.54, 1.807) is 13.3 Å². The molecule has 1 fully saturated rings. The lowest BCUT2D eigenvalue weighted by Gasteiger charge is -2.34. The van der Waals surface area contributed by atoms with Crippen LogP contribution >= 0.6 is 0 Å². The van der Waals surface area contributed by atoms with Crippen molar-refractivity contribution in [2.24, 2.45) is 4.99 Å². The van der Waals surface area contributed by atoms with Crippen molar-refractivity contribution in [3.8, 4) is 11.1 Å². The molecule has 0 radical (unpaired) electrons. The second-order valence-corrected chi connectivity index (χ2v) is 10.2. The van der Waals surface area contributed by atoms with Crippen molar-refractivity contribution in [1.29, 1.82) is 0 Å². The fourth-order valence-electron chi connectivity index (χ4n) is 5.14. The summed E-state index contributed by atoms with van der Waals surface area (Å²) in [5.74, 6) is -0.220. The molecule has 1 amide bonds. The maximum atomic E-state index is 13.5. The van der Waals surface area contributed by atoms with Crippen LogP contribution in [0.25, 0.3) is 11.1 Å². The van der Waals surface area contributed by atoms with Crippen LogP contribution in [0.2, 0.25) is 0 Å². The number of anilines is 1. The van der Waals surface area contributed by atoms with E-state index in [1.165, 1.54) is 5.69 Å². The SMILES string of the molecule is CCCc1cc(C)[nH]c(=O)c1CNC(=O)c1cc(-c2cccc(N3CCN(C)CC3)c2)cc(C)c1/C=N\C. The number of aromatic nitrogens is 1. The summed E-state index contributed by atoms with van der Waals surface area (Å²) in [7, 11) is 3.86. The standard InChI is InChI=1S/C31H39N5O2/c1-6-8-24-16-22(3)34-31(38)29(24)20-33-30(37)27-18-25(15-21(2)28(27)19-32-4)23-9-7-10-26(17-23)36-13-11-35(5)12-14-36/h7,9-10,15-19H,6,8,11-14,20H2,1-5H3,(H,33,37)(H,34,38)/b32-19-. The normalized spacial score (nSPS) is 14.3. The monoisotopic (exact) mass is 513 g/mol. The minimum atomic E-state index is -0.220. The molecule has 1 saturated heterocycles. The van der Waals surface area contributed by atoms with E-state index < -0.39 is 0 Å². The number of rotatable bonds is 8. The Morgan fingerprint density at radius 3 is 2.55 bits per heavy atom. The first kappa shape index (κ1) is 27.3. The predicted octanol–water partition coefficient (Wildman–Crippen LogP) is 4.34. The van der Waals surface area contributed by atoms with E-state index >= 15 is 0 Å². The van der Waals surface area contributed by atoms with E-state index in [1.807, 2.05) is 26.0 Å². The average molecular weight is 514 g/mol. The topological polar surface area (TPSA) is 80.8 Å². The summed E-state index contributed by atoms with van der Waals surface area (Å²) in [5.41, 5.74) is 7.84. The molecule has 1 aliphatic rings. The lowest BCUT2D eigenvalue weighted by molar-refractivity contribution is 0.0950. The Bertz CT molecular complexity index is 1380. The smallest absolute Gasteiger partial charge is 0.253 e. The van der Waals surface area contributed by atoms with Gasteiger partial charge in [0.2, 0.25) is 0 Å². The number of benzene rings is 2. The van der Waals surface area contributed by atoms with E-state index in [2.05, 4.69) is 69.4 Å². The molecule has 0 aliphatic carbocycles. The molecular weight excluding hydrogens is 474 g/mol. The third kappa shape index (κ3) is 6.22. The summed E-state index contributed by atoms with van der Waals surface area (Å²) in [6.45, 7) is 10.2. The number of nitrogens with one attached hydrogen (secondary N) is 2. The van der Waals surface area contributed by atoms with Crippen molar-refractivity contribution in [2.45, 2.75) is 40.2 Å². The first-order chi connectivity index (χ1) is 18.3. The van der Waals surface area contributed by atoms with Crippen LogP contribution in [0.1, 0.15) is 51.7 Å². The molecule has 0 bridgehead atoms. The van der Waals surface area contributed by atoms with E-state index in [-0.39, 0.29) is 18.0 Å². The lowest BCUT2D eigenvalue weighted by atomic mass is 9.94. The van der Waals surface area contributed by atoms with Crippen molar-refractivity contribution in [3.63, 3.8) is 0 Å². The van der Waals surface area contributed by atoms with Crippen LogP contribution in [0.15, 0.2) is 52.3 Å². The third-order valence-corrected chi connectivity index (χ3v) is 7.25. The zero-order valence-electron chi connectivity index (χ0n) is 23.2. The van der Waals surface area contributed by atoms with Gasteiger partial charge in [0, 0.05) is 74.1 Å². The summed E-state index contributed by atoms with van der Waals surface area (Å²) >= 11 is 0. The number of nitrogens with zero attached hydrogens (tertiary/aromatic N) is 3. The average Bonchev–Trinajstić information content (AvgIpc) is 2.89. The van der Waals surface area contributed by atoms with Gasteiger partial charge in [-0.2, -0.15) is 0 Å². The molecule has 2 N–H and O–H groups in total. The van der Waals surface area contributed by atoms with Gasteiger partial charge in [0.05, 0.1) is 0 Å². The van der Waals surface area contributed by atoms with Gasteiger partial charge in [-0.15, -0.1) is 0 Å². The van der Waals surface area contributed by atoms with Crippen molar-refractivity contribution in [2.75, 3.05) is 45.2 Å². The highest BCUT2D eigenvalue weighted by atomic mass is 16.1. The van der Waals surface area contributed by atoms with E-state index in [0.717, 1.165) is 72.5 Å².